The van der Waals surface area contributed by atoms with Crippen LogP contribution in [0.25, 0.3) is 11.5 Å². The lowest BCUT2D eigenvalue weighted by molar-refractivity contribution is 0.251. The van der Waals surface area contributed by atoms with Crippen LogP contribution < -0.4 is 15.5 Å². The fourth-order valence-electron chi connectivity index (χ4n) is 3.39. The van der Waals surface area contributed by atoms with Crippen molar-refractivity contribution in [1.29, 1.82) is 0 Å². The molecule has 1 aliphatic heterocycles. The van der Waals surface area contributed by atoms with Crippen LogP contribution in [0.4, 0.5) is 16.3 Å². The van der Waals surface area contributed by atoms with Gasteiger partial charge in [0, 0.05) is 37.1 Å². The van der Waals surface area contributed by atoms with Gasteiger partial charge in [-0.3, -0.25) is 0 Å². The number of nitrogens with one attached hydrogen (secondary N) is 2. The van der Waals surface area contributed by atoms with Crippen LogP contribution in [0.3, 0.4) is 0 Å². The molecule has 0 aliphatic carbocycles. The largest absolute Gasteiger partial charge is 0.423 e. The highest BCUT2D eigenvalue weighted by Gasteiger charge is 2.11. The molecule has 0 bridgehead atoms. The zero-order valence-corrected chi connectivity index (χ0v) is 16.2. The van der Waals surface area contributed by atoms with Gasteiger partial charge < -0.3 is 20.0 Å². The highest BCUT2D eigenvalue weighted by Crippen LogP contribution is 2.20. The lowest BCUT2D eigenvalue weighted by Gasteiger charge is -2.21. The number of pyridine rings is 1. The van der Waals surface area contributed by atoms with Crippen molar-refractivity contribution >= 4 is 17.5 Å². The Morgan fingerprint density at radius 1 is 1.10 bits per heavy atom. The maximum atomic E-state index is 12.2. The highest BCUT2D eigenvalue weighted by molar-refractivity contribution is 5.89. The summed E-state index contributed by atoms with van der Waals surface area (Å²) >= 11 is 0. The number of hydrogen-bond acceptors (Lipinski definition) is 6. The molecular weight excluding hydrogens is 368 g/mol. The van der Waals surface area contributed by atoms with Crippen molar-refractivity contribution in [1.82, 2.24) is 20.5 Å². The SMILES string of the molecule is O=C(NCc1ccc(N2CCCCCC2)nc1)Nc1cccc(-c2nnco2)c1. The number of aromatic nitrogens is 3. The van der Waals surface area contributed by atoms with E-state index in [-0.39, 0.29) is 6.03 Å². The summed E-state index contributed by atoms with van der Waals surface area (Å²) in [4.78, 5) is 19.2. The molecule has 1 saturated heterocycles. The summed E-state index contributed by atoms with van der Waals surface area (Å²) in [5, 5.41) is 13.2. The van der Waals surface area contributed by atoms with E-state index in [1.54, 1.807) is 12.1 Å². The normalized spacial score (nSPS) is 14.3. The van der Waals surface area contributed by atoms with Gasteiger partial charge in [0.25, 0.3) is 0 Å². The van der Waals surface area contributed by atoms with E-state index in [1.165, 1.54) is 32.1 Å². The third kappa shape index (κ3) is 5.10. The zero-order chi connectivity index (χ0) is 19.9. The maximum absolute atomic E-state index is 12.2. The van der Waals surface area contributed by atoms with E-state index < -0.39 is 0 Å². The van der Waals surface area contributed by atoms with Gasteiger partial charge in [0.05, 0.1) is 0 Å². The summed E-state index contributed by atoms with van der Waals surface area (Å²) in [5.74, 6) is 1.42. The number of urea groups is 1. The number of hydrogen-bond donors (Lipinski definition) is 2. The van der Waals surface area contributed by atoms with E-state index >= 15 is 0 Å². The molecule has 2 N–H and O–H groups in total. The fraction of sp³-hybridized carbons (Fsp3) is 0.333. The standard InChI is InChI=1S/C21H24N6O2/c28-21(25-18-7-5-6-17(12-18)20-26-24-15-29-20)23-14-16-8-9-19(22-13-16)27-10-3-1-2-4-11-27/h5-9,12-13,15H,1-4,10-11,14H2,(H2,23,25,28). The monoisotopic (exact) mass is 392 g/mol. The molecule has 4 rings (SSSR count). The molecule has 0 spiro atoms. The highest BCUT2D eigenvalue weighted by atomic mass is 16.4. The van der Waals surface area contributed by atoms with Gasteiger partial charge >= 0.3 is 6.03 Å². The molecule has 8 nitrogen and oxygen atoms in total. The van der Waals surface area contributed by atoms with Gasteiger partial charge in [0.15, 0.2) is 0 Å². The molecule has 2 aromatic heterocycles. The summed E-state index contributed by atoms with van der Waals surface area (Å²) < 4.78 is 5.18. The Morgan fingerprint density at radius 3 is 2.69 bits per heavy atom. The first kappa shape index (κ1) is 18.9. The number of amides is 2. The average Bonchev–Trinajstić information content (AvgIpc) is 3.16. The summed E-state index contributed by atoms with van der Waals surface area (Å²) in [6.45, 7) is 2.54. The molecule has 0 atom stereocenters. The minimum atomic E-state index is -0.288. The quantitative estimate of drug-likeness (QED) is 0.685. The van der Waals surface area contributed by atoms with Gasteiger partial charge in [-0.2, -0.15) is 0 Å². The molecule has 150 valence electrons. The minimum absolute atomic E-state index is 0.288. The second-order valence-corrected chi connectivity index (χ2v) is 7.06. The molecule has 1 aliphatic rings. The first-order valence-corrected chi connectivity index (χ1v) is 9.89. The lowest BCUT2D eigenvalue weighted by Crippen LogP contribution is -2.28. The lowest BCUT2D eigenvalue weighted by atomic mass is 10.2. The van der Waals surface area contributed by atoms with Crippen LogP contribution >= 0.6 is 0 Å². The molecule has 0 saturated carbocycles. The molecule has 29 heavy (non-hydrogen) atoms. The van der Waals surface area contributed by atoms with E-state index in [9.17, 15) is 4.79 Å². The van der Waals surface area contributed by atoms with Crippen LogP contribution in [-0.4, -0.2) is 34.3 Å². The van der Waals surface area contributed by atoms with Crippen molar-refractivity contribution in [2.75, 3.05) is 23.3 Å². The van der Waals surface area contributed by atoms with Crippen molar-refractivity contribution in [3.8, 4) is 11.5 Å². The van der Waals surface area contributed by atoms with Crippen LogP contribution in [0, 0.1) is 0 Å². The van der Waals surface area contributed by atoms with E-state index in [1.807, 2.05) is 30.5 Å². The Hall–Kier alpha value is -3.42. The van der Waals surface area contributed by atoms with E-state index in [4.69, 9.17) is 4.42 Å². The van der Waals surface area contributed by atoms with Crippen LogP contribution in [-0.2, 0) is 6.54 Å². The Kier molecular flexibility index (Phi) is 5.99. The molecule has 0 unspecified atom stereocenters. The van der Waals surface area contributed by atoms with Gasteiger partial charge in [0.1, 0.15) is 5.82 Å². The Labute approximate surface area is 169 Å². The third-order valence-corrected chi connectivity index (χ3v) is 4.92. The topological polar surface area (TPSA) is 96.2 Å². The fourth-order valence-corrected chi connectivity index (χ4v) is 3.39. The summed E-state index contributed by atoms with van der Waals surface area (Å²) in [7, 11) is 0. The average molecular weight is 392 g/mol. The summed E-state index contributed by atoms with van der Waals surface area (Å²) in [6.07, 6.45) is 8.14. The maximum Gasteiger partial charge on any atom is 0.319 e. The first-order chi connectivity index (χ1) is 14.3. The Bertz CT molecular complexity index is 919. The molecule has 2 amide bonds. The number of benzene rings is 1. The van der Waals surface area contributed by atoms with Gasteiger partial charge in [0.2, 0.25) is 12.3 Å². The first-order valence-electron chi connectivity index (χ1n) is 9.89. The smallest absolute Gasteiger partial charge is 0.319 e. The van der Waals surface area contributed by atoms with Crippen LogP contribution in [0.1, 0.15) is 31.2 Å². The van der Waals surface area contributed by atoms with Crippen molar-refractivity contribution in [3.05, 3.63) is 54.6 Å². The van der Waals surface area contributed by atoms with Crippen molar-refractivity contribution in [2.45, 2.75) is 32.2 Å². The van der Waals surface area contributed by atoms with Crippen LogP contribution in [0.5, 0.6) is 0 Å². The van der Waals surface area contributed by atoms with Gasteiger partial charge in [-0.15, -0.1) is 10.2 Å². The minimum Gasteiger partial charge on any atom is -0.423 e. The van der Waals surface area contributed by atoms with E-state index in [0.717, 1.165) is 30.0 Å². The Balaban J connectivity index is 1.30. The Morgan fingerprint density at radius 2 is 1.97 bits per heavy atom. The van der Waals surface area contributed by atoms with E-state index in [0.29, 0.717) is 18.1 Å². The molecule has 1 fully saturated rings. The second kappa shape index (κ2) is 9.18. The molecule has 1 aromatic carbocycles. The van der Waals surface area contributed by atoms with Crippen molar-refractivity contribution in [2.24, 2.45) is 0 Å². The van der Waals surface area contributed by atoms with Crippen LogP contribution in [0.2, 0.25) is 0 Å². The molecule has 0 radical (unpaired) electrons. The molecule has 3 heterocycles. The predicted octanol–water partition coefficient (Wildman–Crippen LogP) is 3.83. The van der Waals surface area contributed by atoms with Gasteiger partial charge in [-0.25, -0.2) is 9.78 Å². The second-order valence-electron chi connectivity index (χ2n) is 7.06. The van der Waals surface area contributed by atoms with Gasteiger partial charge in [-0.05, 0) is 42.7 Å². The molecular formula is C21H24N6O2. The van der Waals surface area contributed by atoms with Crippen LogP contribution in [0.15, 0.2) is 53.4 Å². The molecule has 3 aromatic rings. The predicted molar refractivity (Wildman–Crippen MR) is 111 cm³/mol. The van der Waals surface area contributed by atoms with Gasteiger partial charge in [-0.1, -0.05) is 25.0 Å². The number of rotatable bonds is 5. The van der Waals surface area contributed by atoms with Crippen molar-refractivity contribution in [3.63, 3.8) is 0 Å². The molecule has 8 heteroatoms. The summed E-state index contributed by atoms with van der Waals surface area (Å²) in [5.41, 5.74) is 2.35. The van der Waals surface area contributed by atoms with E-state index in [2.05, 4.69) is 30.7 Å². The number of carbonyl (C=O) groups excluding carboxylic acids is 1. The third-order valence-electron chi connectivity index (χ3n) is 4.92. The number of anilines is 2. The number of nitrogens with zero attached hydrogens (tertiary/aromatic N) is 4. The van der Waals surface area contributed by atoms with Crippen molar-refractivity contribution < 1.29 is 9.21 Å². The number of carbonyl (C=O) groups is 1. The summed E-state index contributed by atoms with van der Waals surface area (Å²) in [6, 6.07) is 11.0. The zero-order valence-electron chi connectivity index (χ0n) is 16.2.